The van der Waals surface area contributed by atoms with Gasteiger partial charge in [-0.3, -0.25) is 0 Å². The van der Waals surface area contributed by atoms with Crippen molar-refractivity contribution in [3.05, 3.63) is 29.6 Å². The Morgan fingerprint density at radius 3 is 3.07 bits per heavy atom. The van der Waals surface area contributed by atoms with Crippen molar-refractivity contribution in [3.63, 3.8) is 0 Å². The highest BCUT2D eigenvalue weighted by atomic mass is 35.5. The van der Waals surface area contributed by atoms with Gasteiger partial charge in [-0.1, -0.05) is 17.7 Å². The zero-order valence-corrected chi connectivity index (χ0v) is 8.71. The van der Waals surface area contributed by atoms with E-state index in [1.54, 1.807) is 19.3 Å². The second kappa shape index (κ2) is 5.57. The number of rotatable bonds is 5. The Kier molecular flexibility index (Phi) is 4.35. The standard InChI is InChI=1S/C9H12ClN3O/c1-3-4-11-9-12-7(6-14-2)5-8(10)13-9/h3,5H,1,4,6H2,2H3,(H,11,12,13). The third kappa shape index (κ3) is 3.32. The Morgan fingerprint density at radius 2 is 2.43 bits per heavy atom. The van der Waals surface area contributed by atoms with Gasteiger partial charge in [0.2, 0.25) is 5.95 Å². The minimum atomic E-state index is 0.401. The lowest BCUT2D eigenvalue weighted by molar-refractivity contribution is 0.181. The number of nitrogens with one attached hydrogen (secondary N) is 1. The highest BCUT2D eigenvalue weighted by molar-refractivity contribution is 6.29. The molecule has 0 spiro atoms. The van der Waals surface area contributed by atoms with Crippen molar-refractivity contribution in [1.29, 1.82) is 0 Å². The van der Waals surface area contributed by atoms with Gasteiger partial charge in [-0.15, -0.1) is 6.58 Å². The Hall–Kier alpha value is -1.13. The molecule has 14 heavy (non-hydrogen) atoms. The first-order valence-electron chi connectivity index (χ1n) is 4.13. The molecule has 0 amide bonds. The van der Waals surface area contributed by atoms with Crippen LogP contribution in [0.5, 0.6) is 0 Å². The molecule has 76 valence electrons. The van der Waals surface area contributed by atoms with Crippen molar-refractivity contribution in [3.8, 4) is 0 Å². The summed E-state index contributed by atoms with van der Waals surface area (Å²) >= 11 is 5.79. The van der Waals surface area contributed by atoms with E-state index >= 15 is 0 Å². The Morgan fingerprint density at radius 1 is 1.64 bits per heavy atom. The molecule has 1 heterocycles. The van der Waals surface area contributed by atoms with Crippen LogP contribution in [0.1, 0.15) is 5.69 Å². The summed E-state index contributed by atoms with van der Waals surface area (Å²) < 4.78 is 4.95. The number of anilines is 1. The zero-order valence-electron chi connectivity index (χ0n) is 7.96. The van der Waals surface area contributed by atoms with E-state index in [0.29, 0.717) is 24.3 Å². The van der Waals surface area contributed by atoms with E-state index in [9.17, 15) is 0 Å². The summed E-state index contributed by atoms with van der Waals surface area (Å²) in [4.78, 5) is 8.17. The first-order chi connectivity index (χ1) is 6.76. The molecule has 5 heteroatoms. The van der Waals surface area contributed by atoms with Crippen molar-refractivity contribution in [1.82, 2.24) is 9.97 Å². The SMILES string of the molecule is C=CCNc1nc(Cl)cc(COC)n1. The molecule has 0 saturated carbocycles. The molecule has 0 radical (unpaired) electrons. The van der Waals surface area contributed by atoms with E-state index in [4.69, 9.17) is 16.3 Å². The van der Waals surface area contributed by atoms with Crippen molar-refractivity contribution < 1.29 is 4.74 Å². The second-order valence-electron chi connectivity index (χ2n) is 2.61. The maximum atomic E-state index is 5.79. The van der Waals surface area contributed by atoms with Crippen LogP contribution >= 0.6 is 11.6 Å². The monoisotopic (exact) mass is 213 g/mol. The van der Waals surface area contributed by atoms with Crippen molar-refractivity contribution in [2.75, 3.05) is 19.0 Å². The molecule has 1 N–H and O–H groups in total. The van der Waals surface area contributed by atoms with Crippen LogP contribution in [-0.4, -0.2) is 23.6 Å². The predicted octanol–water partition coefficient (Wildman–Crippen LogP) is 1.87. The normalized spacial score (nSPS) is 9.86. The summed E-state index contributed by atoms with van der Waals surface area (Å²) in [5.41, 5.74) is 0.749. The van der Waals surface area contributed by atoms with Crippen LogP contribution in [0.2, 0.25) is 5.15 Å². The second-order valence-corrected chi connectivity index (χ2v) is 3.00. The van der Waals surface area contributed by atoms with Crippen LogP contribution in [0.15, 0.2) is 18.7 Å². The number of halogens is 1. The van der Waals surface area contributed by atoms with E-state index < -0.39 is 0 Å². The fourth-order valence-corrected chi connectivity index (χ4v) is 1.13. The molecule has 0 fully saturated rings. The van der Waals surface area contributed by atoms with Gasteiger partial charge >= 0.3 is 0 Å². The minimum absolute atomic E-state index is 0.401. The van der Waals surface area contributed by atoms with Gasteiger partial charge < -0.3 is 10.1 Å². The maximum absolute atomic E-state index is 5.79. The van der Waals surface area contributed by atoms with E-state index in [-0.39, 0.29) is 0 Å². The molecule has 0 aliphatic carbocycles. The third-order valence-electron chi connectivity index (χ3n) is 1.44. The van der Waals surface area contributed by atoms with Crippen LogP contribution in [0, 0.1) is 0 Å². The maximum Gasteiger partial charge on any atom is 0.224 e. The van der Waals surface area contributed by atoms with Crippen LogP contribution in [0.3, 0.4) is 0 Å². The molecule has 1 rings (SSSR count). The van der Waals surface area contributed by atoms with Crippen molar-refractivity contribution in [2.45, 2.75) is 6.61 Å². The average Bonchev–Trinajstić information content (AvgIpc) is 2.14. The lowest BCUT2D eigenvalue weighted by atomic mass is 10.4. The summed E-state index contributed by atoms with van der Waals surface area (Å²) in [7, 11) is 1.60. The van der Waals surface area contributed by atoms with Gasteiger partial charge in [-0.25, -0.2) is 9.97 Å². The molecule has 4 nitrogen and oxygen atoms in total. The largest absolute Gasteiger partial charge is 0.378 e. The van der Waals surface area contributed by atoms with Gasteiger partial charge in [0.05, 0.1) is 12.3 Å². The van der Waals surface area contributed by atoms with Gasteiger partial charge in [-0.05, 0) is 6.07 Å². The van der Waals surface area contributed by atoms with Gasteiger partial charge in [0.25, 0.3) is 0 Å². The smallest absolute Gasteiger partial charge is 0.224 e. The Labute approximate surface area is 88.0 Å². The number of aromatic nitrogens is 2. The van der Waals surface area contributed by atoms with Gasteiger partial charge in [-0.2, -0.15) is 0 Å². The lowest BCUT2D eigenvalue weighted by Gasteiger charge is -2.04. The van der Waals surface area contributed by atoms with E-state index in [1.807, 2.05) is 0 Å². The summed E-state index contributed by atoms with van der Waals surface area (Å²) in [6, 6.07) is 1.67. The molecule has 0 unspecified atom stereocenters. The topological polar surface area (TPSA) is 47.0 Å². The fourth-order valence-electron chi connectivity index (χ4n) is 0.929. The quantitative estimate of drug-likeness (QED) is 0.599. The zero-order chi connectivity index (χ0) is 10.4. The number of methoxy groups -OCH3 is 1. The number of hydrogen-bond acceptors (Lipinski definition) is 4. The molecule has 0 saturated heterocycles. The predicted molar refractivity (Wildman–Crippen MR) is 56.4 cm³/mol. The molecule has 0 aliphatic rings. The number of nitrogens with zero attached hydrogens (tertiary/aromatic N) is 2. The summed E-state index contributed by atoms with van der Waals surface area (Å²) in [5.74, 6) is 0.490. The number of ether oxygens (including phenoxy) is 1. The first kappa shape index (κ1) is 10.9. The molecular formula is C9H12ClN3O. The molecule has 1 aromatic heterocycles. The van der Waals surface area contributed by atoms with Crippen LogP contribution in [-0.2, 0) is 11.3 Å². The molecule has 0 aromatic carbocycles. The van der Waals surface area contributed by atoms with Gasteiger partial charge in [0, 0.05) is 13.7 Å². The van der Waals surface area contributed by atoms with Gasteiger partial charge in [0.1, 0.15) is 5.15 Å². The average molecular weight is 214 g/mol. The first-order valence-corrected chi connectivity index (χ1v) is 4.51. The lowest BCUT2D eigenvalue weighted by Crippen LogP contribution is -2.05. The Balaban J connectivity index is 2.77. The number of hydrogen-bond donors (Lipinski definition) is 1. The highest BCUT2D eigenvalue weighted by Crippen LogP contribution is 2.10. The summed E-state index contributed by atoms with van der Waals surface area (Å²) in [6.45, 7) is 4.61. The molecule has 0 bridgehead atoms. The molecule has 0 atom stereocenters. The summed E-state index contributed by atoms with van der Waals surface area (Å²) in [5, 5.41) is 3.36. The molecule has 1 aromatic rings. The highest BCUT2D eigenvalue weighted by Gasteiger charge is 2.01. The van der Waals surface area contributed by atoms with Crippen LogP contribution in [0.4, 0.5) is 5.95 Å². The van der Waals surface area contributed by atoms with E-state index in [2.05, 4.69) is 21.9 Å². The van der Waals surface area contributed by atoms with Crippen molar-refractivity contribution in [2.24, 2.45) is 0 Å². The van der Waals surface area contributed by atoms with Crippen molar-refractivity contribution >= 4 is 17.5 Å². The summed E-state index contributed by atoms with van der Waals surface area (Å²) in [6.07, 6.45) is 1.72. The Bertz CT molecular complexity index is 317. The van der Waals surface area contributed by atoms with Crippen LogP contribution in [0.25, 0.3) is 0 Å². The van der Waals surface area contributed by atoms with E-state index in [0.717, 1.165) is 5.69 Å². The van der Waals surface area contributed by atoms with Gasteiger partial charge in [0.15, 0.2) is 0 Å². The molecule has 0 aliphatic heterocycles. The minimum Gasteiger partial charge on any atom is -0.378 e. The third-order valence-corrected chi connectivity index (χ3v) is 1.64. The van der Waals surface area contributed by atoms with Crippen LogP contribution < -0.4 is 5.32 Å². The molecular weight excluding hydrogens is 202 g/mol. The van der Waals surface area contributed by atoms with E-state index in [1.165, 1.54) is 0 Å². The fraction of sp³-hybridized carbons (Fsp3) is 0.333.